The average Bonchev–Trinajstić information content (AvgIpc) is 2.96. The van der Waals surface area contributed by atoms with Crippen molar-refractivity contribution in [3.05, 3.63) is 46.5 Å². The zero-order valence-corrected chi connectivity index (χ0v) is 12.0. The molecule has 0 unspecified atom stereocenters. The fraction of sp³-hybridized carbons (Fsp3) is 0.133. The second kappa shape index (κ2) is 5.36. The number of H-pyrrole nitrogens is 1. The highest BCUT2D eigenvalue weighted by Crippen LogP contribution is 2.37. The molecule has 0 aliphatic carbocycles. The molecule has 0 radical (unpaired) electrons. The molecule has 0 saturated heterocycles. The molecule has 0 fully saturated rings. The van der Waals surface area contributed by atoms with Gasteiger partial charge in [0.05, 0.1) is 35.7 Å². The summed E-state index contributed by atoms with van der Waals surface area (Å²) in [6.07, 6.45) is 0. The van der Waals surface area contributed by atoms with E-state index in [0.29, 0.717) is 28.4 Å². The number of fused-ring (bicyclic) bond motifs is 1. The molecule has 2 aromatic carbocycles. The third-order valence-electron chi connectivity index (χ3n) is 3.33. The molecular weight excluding hydrogens is 286 g/mol. The molecule has 0 atom stereocenters. The van der Waals surface area contributed by atoms with Crippen LogP contribution >= 0.6 is 0 Å². The number of imidazole rings is 1. The van der Waals surface area contributed by atoms with E-state index in [1.165, 1.54) is 12.1 Å². The third-order valence-corrected chi connectivity index (χ3v) is 3.33. The Balaban J connectivity index is 2.16. The maximum atomic E-state index is 10.8. The van der Waals surface area contributed by atoms with Crippen molar-refractivity contribution in [2.45, 2.75) is 0 Å². The SMILES string of the molecule is COc1cccc(-c2nc3ccc([N+](=O)[O-])cc3[nH]2)c1OC. The van der Waals surface area contributed by atoms with Crippen molar-refractivity contribution >= 4 is 16.7 Å². The van der Waals surface area contributed by atoms with Gasteiger partial charge in [-0.1, -0.05) is 6.07 Å². The molecule has 0 aliphatic heterocycles. The van der Waals surface area contributed by atoms with Gasteiger partial charge in [-0.05, 0) is 18.2 Å². The summed E-state index contributed by atoms with van der Waals surface area (Å²) < 4.78 is 10.7. The number of methoxy groups -OCH3 is 2. The number of ether oxygens (including phenoxy) is 2. The zero-order chi connectivity index (χ0) is 15.7. The first-order valence-corrected chi connectivity index (χ1v) is 6.49. The van der Waals surface area contributed by atoms with E-state index < -0.39 is 4.92 Å². The van der Waals surface area contributed by atoms with Gasteiger partial charge in [-0.2, -0.15) is 0 Å². The average molecular weight is 299 g/mol. The highest BCUT2D eigenvalue weighted by Gasteiger charge is 2.16. The first-order valence-electron chi connectivity index (χ1n) is 6.49. The largest absolute Gasteiger partial charge is 0.493 e. The van der Waals surface area contributed by atoms with E-state index in [4.69, 9.17) is 9.47 Å². The Labute approximate surface area is 125 Å². The molecule has 1 aromatic heterocycles. The quantitative estimate of drug-likeness (QED) is 0.590. The summed E-state index contributed by atoms with van der Waals surface area (Å²) in [6.45, 7) is 0. The summed E-state index contributed by atoms with van der Waals surface area (Å²) in [6, 6.07) is 9.95. The number of nitrogens with one attached hydrogen (secondary N) is 1. The topological polar surface area (TPSA) is 90.3 Å². The number of nitro benzene ring substituents is 1. The highest BCUT2D eigenvalue weighted by molar-refractivity contribution is 5.83. The number of non-ortho nitro benzene ring substituents is 1. The normalized spacial score (nSPS) is 10.6. The monoisotopic (exact) mass is 299 g/mol. The lowest BCUT2D eigenvalue weighted by Gasteiger charge is -2.10. The number of nitro groups is 1. The maximum absolute atomic E-state index is 10.8. The zero-order valence-electron chi connectivity index (χ0n) is 12.0. The van der Waals surface area contributed by atoms with Gasteiger partial charge in [0.25, 0.3) is 5.69 Å². The molecule has 22 heavy (non-hydrogen) atoms. The molecule has 1 N–H and O–H groups in total. The molecule has 7 heteroatoms. The van der Waals surface area contributed by atoms with Crippen LogP contribution in [0, 0.1) is 10.1 Å². The summed E-state index contributed by atoms with van der Waals surface area (Å²) >= 11 is 0. The third kappa shape index (κ3) is 2.22. The van der Waals surface area contributed by atoms with Crippen LogP contribution in [0.15, 0.2) is 36.4 Å². The number of nitrogens with zero attached hydrogens (tertiary/aromatic N) is 2. The standard InChI is InChI=1S/C15H13N3O4/c1-21-13-5-3-4-10(14(13)22-2)15-16-11-7-6-9(18(19)20)8-12(11)17-15/h3-8H,1-2H3,(H,16,17). The molecule has 1 heterocycles. The Bertz CT molecular complexity index is 857. The van der Waals surface area contributed by atoms with Gasteiger partial charge in [0.1, 0.15) is 5.82 Å². The van der Waals surface area contributed by atoms with E-state index in [9.17, 15) is 10.1 Å². The van der Waals surface area contributed by atoms with Gasteiger partial charge in [0, 0.05) is 12.1 Å². The van der Waals surface area contributed by atoms with Crippen molar-refractivity contribution in [2.24, 2.45) is 0 Å². The van der Waals surface area contributed by atoms with Crippen LogP contribution in [0.4, 0.5) is 5.69 Å². The maximum Gasteiger partial charge on any atom is 0.271 e. The number of hydrogen-bond acceptors (Lipinski definition) is 5. The smallest absolute Gasteiger partial charge is 0.271 e. The van der Waals surface area contributed by atoms with Gasteiger partial charge in [-0.25, -0.2) is 4.98 Å². The summed E-state index contributed by atoms with van der Waals surface area (Å²) in [5.41, 5.74) is 1.97. The van der Waals surface area contributed by atoms with Gasteiger partial charge >= 0.3 is 0 Å². The number of para-hydroxylation sites is 1. The van der Waals surface area contributed by atoms with Crippen LogP contribution in [-0.2, 0) is 0 Å². The summed E-state index contributed by atoms with van der Waals surface area (Å²) in [7, 11) is 3.11. The van der Waals surface area contributed by atoms with E-state index >= 15 is 0 Å². The Morgan fingerprint density at radius 3 is 2.68 bits per heavy atom. The number of hydrogen-bond donors (Lipinski definition) is 1. The van der Waals surface area contributed by atoms with Crippen molar-refractivity contribution in [1.29, 1.82) is 0 Å². The molecule has 0 aliphatic rings. The second-order valence-electron chi connectivity index (χ2n) is 4.59. The van der Waals surface area contributed by atoms with Gasteiger partial charge in [-0.3, -0.25) is 10.1 Å². The summed E-state index contributed by atoms with van der Waals surface area (Å²) in [5, 5.41) is 10.8. The molecule has 0 saturated carbocycles. The van der Waals surface area contributed by atoms with E-state index in [0.717, 1.165) is 5.56 Å². The number of benzene rings is 2. The van der Waals surface area contributed by atoms with Gasteiger partial charge in [0.2, 0.25) is 0 Å². The minimum atomic E-state index is -0.438. The van der Waals surface area contributed by atoms with Crippen LogP contribution in [-0.4, -0.2) is 29.1 Å². The first-order chi connectivity index (χ1) is 10.6. The van der Waals surface area contributed by atoms with Gasteiger partial charge in [0.15, 0.2) is 11.5 Å². The molecule has 0 amide bonds. The van der Waals surface area contributed by atoms with E-state index in [2.05, 4.69) is 9.97 Å². The number of aromatic amines is 1. The van der Waals surface area contributed by atoms with E-state index in [1.807, 2.05) is 12.1 Å². The molecule has 3 rings (SSSR count). The molecular formula is C15H13N3O4. The van der Waals surface area contributed by atoms with Crippen LogP contribution in [0.3, 0.4) is 0 Å². The fourth-order valence-corrected chi connectivity index (χ4v) is 2.31. The van der Waals surface area contributed by atoms with E-state index in [1.54, 1.807) is 26.4 Å². The first kappa shape index (κ1) is 13.9. The molecule has 0 spiro atoms. The predicted octanol–water partition coefficient (Wildman–Crippen LogP) is 3.16. The second-order valence-corrected chi connectivity index (χ2v) is 4.59. The minimum Gasteiger partial charge on any atom is -0.493 e. The van der Waals surface area contributed by atoms with Crippen LogP contribution in [0.2, 0.25) is 0 Å². The summed E-state index contributed by atoms with van der Waals surface area (Å²) in [4.78, 5) is 17.9. The van der Waals surface area contributed by atoms with Crippen LogP contribution in [0.5, 0.6) is 11.5 Å². The van der Waals surface area contributed by atoms with Crippen LogP contribution < -0.4 is 9.47 Å². The Morgan fingerprint density at radius 2 is 2.00 bits per heavy atom. The predicted molar refractivity (Wildman–Crippen MR) is 81.3 cm³/mol. The van der Waals surface area contributed by atoms with Crippen molar-refractivity contribution < 1.29 is 14.4 Å². The van der Waals surface area contributed by atoms with Crippen LogP contribution in [0.25, 0.3) is 22.4 Å². The summed E-state index contributed by atoms with van der Waals surface area (Å²) in [5.74, 6) is 1.70. The number of rotatable bonds is 4. The van der Waals surface area contributed by atoms with Gasteiger partial charge < -0.3 is 14.5 Å². The van der Waals surface area contributed by atoms with Gasteiger partial charge in [-0.15, -0.1) is 0 Å². The van der Waals surface area contributed by atoms with Crippen molar-refractivity contribution in [3.8, 4) is 22.9 Å². The highest BCUT2D eigenvalue weighted by atomic mass is 16.6. The lowest BCUT2D eigenvalue weighted by Crippen LogP contribution is -1.93. The van der Waals surface area contributed by atoms with Crippen molar-refractivity contribution in [1.82, 2.24) is 9.97 Å². The van der Waals surface area contributed by atoms with Crippen molar-refractivity contribution in [3.63, 3.8) is 0 Å². The van der Waals surface area contributed by atoms with Crippen LogP contribution in [0.1, 0.15) is 0 Å². The Kier molecular flexibility index (Phi) is 3.38. The van der Waals surface area contributed by atoms with E-state index in [-0.39, 0.29) is 5.69 Å². The molecule has 112 valence electrons. The molecule has 7 nitrogen and oxygen atoms in total. The lowest BCUT2D eigenvalue weighted by molar-refractivity contribution is -0.384. The molecule has 3 aromatic rings. The lowest BCUT2D eigenvalue weighted by atomic mass is 10.1. The van der Waals surface area contributed by atoms with Crippen molar-refractivity contribution in [2.75, 3.05) is 14.2 Å². The molecule has 0 bridgehead atoms. The minimum absolute atomic E-state index is 0.0142. The Morgan fingerprint density at radius 1 is 1.18 bits per heavy atom. The fourth-order valence-electron chi connectivity index (χ4n) is 2.31. The Hall–Kier alpha value is -3.09. The number of aromatic nitrogens is 2.